The minimum absolute atomic E-state index is 0.0792. The van der Waals surface area contributed by atoms with E-state index < -0.39 is 0 Å². The lowest BCUT2D eigenvalue weighted by molar-refractivity contribution is -0.131. The Morgan fingerprint density at radius 2 is 1.56 bits per heavy atom. The van der Waals surface area contributed by atoms with Gasteiger partial charge in [0.15, 0.2) is 5.78 Å². The van der Waals surface area contributed by atoms with Gasteiger partial charge in [-0.05, 0) is 61.7 Å². The lowest BCUT2D eigenvalue weighted by Crippen LogP contribution is -2.48. The molecule has 0 spiro atoms. The van der Waals surface area contributed by atoms with Crippen LogP contribution in [0.25, 0.3) is 0 Å². The highest BCUT2D eigenvalue weighted by Gasteiger charge is 2.21. The zero-order valence-corrected chi connectivity index (χ0v) is 16.4. The molecule has 0 radical (unpaired) electrons. The quantitative estimate of drug-likeness (QED) is 0.700. The molecule has 1 fully saturated rings. The van der Waals surface area contributed by atoms with Gasteiger partial charge < -0.3 is 9.80 Å². The zero-order valence-electron chi connectivity index (χ0n) is 15.7. The summed E-state index contributed by atoms with van der Waals surface area (Å²) < 4.78 is 0. The Balaban J connectivity index is 1.43. The van der Waals surface area contributed by atoms with Gasteiger partial charge in [0.2, 0.25) is 5.91 Å². The van der Waals surface area contributed by atoms with Crippen LogP contribution in [0.4, 0.5) is 5.69 Å². The fraction of sp³-hybridized carbons (Fsp3) is 0.364. The zero-order chi connectivity index (χ0) is 19.2. The molecule has 2 aromatic rings. The van der Waals surface area contributed by atoms with E-state index in [1.165, 1.54) is 5.56 Å². The summed E-state index contributed by atoms with van der Waals surface area (Å²) in [6.07, 6.45) is 2.33. The second-order valence-electron chi connectivity index (χ2n) is 6.95. The molecule has 0 atom stereocenters. The van der Waals surface area contributed by atoms with Gasteiger partial charge in [-0.1, -0.05) is 23.7 Å². The normalized spacial score (nSPS) is 14.3. The fourth-order valence-corrected chi connectivity index (χ4v) is 3.50. The number of anilines is 1. The molecule has 1 saturated heterocycles. The van der Waals surface area contributed by atoms with Crippen molar-refractivity contribution in [1.82, 2.24) is 4.90 Å². The Morgan fingerprint density at radius 1 is 0.926 bits per heavy atom. The summed E-state index contributed by atoms with van der Waals surface area (Å²) in [5.41, 5.74) is 3.05. The number of hydrogen-bond acceptors (Lipinski definition) is 3. The van der Waals surface area contributed by atoms with E-state index in [9.17, 15) is 9.59 Å². The molecular weight excluding hydrogens is 360 g/mol. The maximum absolute atomic E-state index is 12.5. The third-order valence-corrected chi connectivity index (χ3v) is 5.29. The molecule has 0 unspecified atom stereocenters. The summed E-state index contributed by atoms with van der Waals surface area (Å²) >= 11 is 5.90. The van der Waals surface area contributed by atoms with E-state index in [2.05, 4.69) is 4.90 Å². The van der Waals surface area contributed by atoms with Crippen LogP contribution in [-0.2, 0) is 11.2 Å². The van der Waals surface area contributed by atoms with Crippen LogP contribution in [0.15, 0.2) is 48.5 Å². The van der Waals surface area contributed by atoms with Gasteiger partial charge in [0, 0.05) is 48.9 Å². The van der Waals surface area contributed by atoms with Crippen LogP contribution in [0.3, 0.4) is 0 Å². The van der Waals surface area contributed by atoms with E-state index in [0.717, 1.165) is 55.3 Å². The van der Waals surface area contributed by atoms with Crippen molar-refractivity contribution in [3.8, 4) is 0 Å². The van der Waals surface area contributed by atoms with Gasteiger partial charge in [-0.25, -0.2) is 0 Å². The summed E-state index contributed by atoms with van der Waals surface area (Å²) in [7, 11) is 0. The van der Waals surface area contributed by atoms with Crippen LogP contribution in [0.2, 0.25) is 5.02 Å². The molecule has 142 valence electrons. The van der Waals surface area contributed by atoms with Crippen LogP contribution < -0.4 is 4.90 Å². The summed E-state index contributed by atoms with van der Waals surface area (Å²) in [6.45, 7) is 4.71. The number of benzene rings is 2. The Kier molecular flexibility index (Phi) is 6.51. The largest absolute Gasteiger partial charge is 0.368 e. The number of hydrogen-bond donors (Lipinski definition) is 0. The third kappa shape index (κ3) is 5.33. The first-order valence-electron chi connectivity index (χ1n) is 9.41. The summed E-state index contributed by atoms with van der Waals surface area (Å²) in [4.78, 5) is 28.1. The molecule has 1 amide bonds. The minimum Gasteiger partial charge on any atom is -0.368 e. The summed E-state index contributed by atoms with van der Waals surface area (Å²) in [5, 5.41) is 0.739. The molecule has 3 rings (SSSR count). The average molecular weight is 385 g/mol. The predicted molar refractivity (Wildman–Crippen MR) is 110 cm³/mol. The van der Waals surface area contributed by atoms with Crippen molar-refractivity contribution < 1.29 is 9.59 Å². The number of Topliss-reactive ketones (excluding diaryl/α,β-unsaturated/α-hetero) is 1. The molecule has 1 heterocycles. The molecule has 1 aliphatic heterocycles. The van der Waals surface area contributed by atoms with Crippen molar-refractivity contribution in [3.63, 3.8) is 0 Å². The van der Waals surface area contributed by atoms with Crippen LogP contribution in [0.1, 0.15) is 35.7 Å². The van der Waals surface area contributed by atoms with E-state index in [4.69, 9.17) is 11.6 Å². The maximum Gasteiger partial charge on any atom is 0.222 e. The topological polar surface area (TPSA) is 40.6 Å². The molecule has 0 N–H and O–H groups in total. The number of rotatable bonds is 6. The van der Waals surface area contributed by atoms with Crippen molar-refractivity contribution in [1.29, 1.82) is 0 Å². The summed E-state index contributed by atoms with van der Waals surface area (Å²) in [6, 6.07) is 15.5. The van der Waals surface area contributed by atoms with Gasteiger partial charge in [0.05, 0.1) is 0 Å². The van der Waals surface area contributed by atoms with Crippen LogP contribution in [-0.4, -0.2) is 42.8 Å². The number of carbonyl (C=O) groups is 2. The fourth-order valence-electron chi connectivity index (χ4n) is 3.37. The first-order chi connectivity index (χ1) is 13.0. The molecule has 0 bridgehead atoms. The number of ketones is 1. The van der Waals surface area contributed by atoms with E-state index in [1.54, 1.807) is 6.92 Å². The standard InChI is InChI=1S/C22H25ClN2O2/c1-17(26)19-7-11-21(12-8-19)24-13-15-25(16-14-24)22(27)4-2-3-18-5-9-20(23)10-6-18/h5-12H,2-4,13-16H2,1H3. The van der Waals surface area contributed by atoms with E-state index >= 15 is 0 Å². The van der Waals surface area contributed by atoms with Crippen LogP contribution in [0.5, 0.6) is 0 Å². The van der Waals surface area contributed by atoms with Crippen LogP contribution in [0, 0.1) is 0 Å². The number of aryl methyl sites for hydroxylation is 1. The second kappa shape index (κ2) is 9.05. The lowest BCUT2D eigenvalue weighted by atomic mass is 10.1. The number of carbonyl (C=O) groups excluding carboxylic acids is 2. The SMILES string of the molecule is CC(=O)c1ccc(N2CCN(C(=O)CCCc3ccc(Cl)cc3)CC2)cc1. The van der Waals surface area contributed by atoms with E-state index in [1.807, 2.05) is 53.4 Å². The van der Waals surface area contributed by atoms with Crippen LogP contribution >= 0.6 is 11.6 Å². The molecular formula is C22H25ClN2O2. The molecule has 2 aromatic carbocycles. The van der Waals surface area contributed by atoms with Gasteiger partial charge in [0.1, 0.15) is 0 Å². The number of amides is 1. The molecule has 1 aliphatic rings. The molecule has 5 heteroatoms. The number of halogens is 1. The van der Waals surface area contributed by atoms with Crippen molar-refractivity contribution in [2.45, 2.75) is 26.2 Å². The van der Waals surface area contributed by atoms with Gasteiger partial charge in [-0.3, -0.25) is 9.59 Å². The minimum atomic E-state index is 0.0792. The van der Waals surface area contributed by atoms with Gasteiger partial charge >= 0.3 is 0 Å². The second-order valence-corrected chi connectivity index (χ2v) is 7.39. The number of piperazine rings is 1. The van der Waals surface area contributed by atoms with Gasteiger partial charge in [-0.2, -0.15) is 0 Å². The van der Waals surface area contributed by atoms with E-state index in [0.29, 0.717) is 6.42 Å². The number of nitrogens with zero attached hydrogens (tertiary/aromatic N) is 2. The van der Waals surface area contributed by atoms with Gasteiger partial charge in [-0.15, -0.1) is 0 Å². The van der Waals surface area contributed by atoms with Crippen molar-refractivity contribution in [2.24, 2.45) is 0 Å². The third-order valence-electron chi connectivity index (χ3n) is 5.04. The first kappa shape index (κ1) is 19.4. The first-order valence-corrected chi connectivity index (χ1v) is 9.79. The Labute approximate surface area is 165 Å². The maximum atomic E-state index is 12.5. The van der Waals surface area contributed by atoms with Crippen molar-refractivity contribution >= 4 is 29.0 Å². The average Bonchev–Trinajstić information content (AvgIpc) is 2.69. The Bertz CT molecular complexity index is 779. The monoisotopic (exact) mass is 384 g/mol. The molecule has 27 heavy (non-hydrogen) atoms. The highest BCUT2D eigenvalue weighted by molar-refractivity contribution is 6.30. The molecule has 0 aromatic heterocycles. The molecule has 4 nitrogen and oxygen atoms in total. The highest BCUT2D eigenvalue weighted by atomic mass is 35.5. The predicted octanol–water partition coefficient (Wildman–Crippen LogP) is 4.21. The van der Waals surface area contributed by atoms with Gasteiger partial charge in [0.25, 0.3) is 0 Å². The van der Waals surface area contributed by atoms with Crippen molar-refractivity contribution in [2.75, 3.05) is 31.1 Å². The Hall–Kier alpha value is -2.33. The van der Waals surface area contributed by atoms with E-state index in [-0.39, 0.29) is 11.7 Å². The smallest absolute Gasteiger partial charge is 0.222 e. The molecule has 0 saturated carbocycles. The summed E-state index contributed by atoms with van der Waals surface area (Å²) in [5.74, 6) is 0.311. The van der Waals surface area contributed by atoms with Crippen molar-refractivity contribution in [3.05, 3.63) is 64.7 Å². The lowest BCUT2D eigenvalue weighted by Gasteiger charge is -2.36. The Morgan fingerprint density at radius 3 is 2.15 bits per heavy atom. The highest BCUT2D eigenvalue weighted by Crippen LogP contribution is 2.18. The molecule has 0 aliphatic carbocycles.